The van der Waals surface area contributed by atoms with Gasteiger partial charge in [-0.15, -0.1) is 0 Å². The van der Waals surface area contributed by atoms with E-state index in [4.69, 9.17) is 4.74 Å². The number of carbonyl (C=O) groups excluding carboxylic acids is 1. The highest BCUT2D eigenvalue weighted by atomic mass is 79.9. The lowest BCUT2D eigenvalue weighted by Crippen LogP contribution is -2.31. The monoisotopic (exact) mass is 398 g/mol. The van der Waals surface area contributed by atoms with Gasteiger partial charge in [0.1, 0.15) is 6.04 Å². The summed E-state index contributed by atoms with van der Waals surface area (Å²) in [7, 11) is 1.32. The Hall–Kier alpha value is -2.42. The van der Waals surface area contributed by atoms with Crippen LogP contribution in [0.2, 0.25) is 0 Å². The standard InChI is InChI=1S/C20H19BrN2O2/c1-15(20(24)25-2)13-23(14-16-8-4-3-5-9-16)19(12-22)17-10-6-7-11-18(17)21/h3-11,19H,1,13-14H2,2H3. The van der Waals surface area contributed by atoms with Crippen LogP contribution in [0, 0.1) is 11.3 Å². The Morgan fingerprint density at radius 3 is 2.48 bits per heavy atom. The maximum Gasteiger partial charge on any atom is 0.334 e. The molecule has 0 fully saturated rings. The van der Waals surface area contributed by atoms with Gasteiger partial charge in [0, 0.05) is 23.1 Å². The van der Waals surface area contributed by atoms with Gasteiger partial charge in [-0.3, -0.25) is 4.90 Å². The lowest BCUT2D eigenvalue weighted by Gasteiger charge is -2.28. The second-order valence-corrected chi connectivity index (χ2v) is 6.39. The number of hydrogen-bond donors (Lipinski definition) is 0. The third kappa shape index (κ3) is 5.02. The molecule has 5 heteroatoms. The van der Waals surface area contributed by atoms with Gasteiger partial charge in [-0.05, 0) is 17.2 Å². The van der Waals surface area contributed by atoms with Crippen LogP contribution in [-0.2, 0) is 16.1 Å². The molecule has 1 atom stereocenters. The fourth-order valence-electron chi connectivity index (χ4n) is 2.56. The van der Waals surface area contributed by atoms with Crippen molar-refractivity contribution in [1.82, 2.24) is 4.90 Å². The molecule has 1 unspecified atom stereocenters. The van der Waals surface area contributed by atoms with Crippen molar-refractivity contribution in [2.45, 2.75) is 12.6 Å². The molecule has 0 saturated heterocycles. The number of rotatable bonds is 7. The maximum absolute atomic E-state index is 11.8. The van der Waals surface area contributed by atoms with E-state index in [0.29, 0.717) is 12.1 Å². The molecule has 0 heterocycles. The number of benzene rings is 2. The summed E-state index contributed by atoms with van der Waals surface area (Å²) < 4.78 is 5.60. The van der Waals surface area contributed by atoms with Crippen molar-refractivity contribution in [2.75, 3.05) is 13.7 Å². The number of carbonyl (C=O) groups is 1. The third-order valence-corrected chi connectivity index (χ3v) is 4.51. The molecule has 0 radical (unpaired) electrons. The van der Waals surface area contributed by atoms with Crippen LogP contribution in [0.4, 0.5) is 0 Å². The molecule has 0 aliphatic heterocycles. The zero-order chi connectivity index (χ0) is 18.2. The van der Waals surface area contributed by atoms with Gasteiger partial charge < -0.3 is 4.74 Å². The molecule has 2 rings (SSSR count). The number of nitriles is 1. The van der Waals surface area contributed by atoms with E-state index < -0.39 is 12.0 Å². The summed E-state index contributed by atoms with van der Waals surface area (Å²) in [6.07, 6.45) is 0. The first-order valence-corrected chi connectivity index (χ1v) is 8.54. The predicted molar refractivity (Wildman–Crippen MR) is 101 cm³/mol. The van der Waals surface area contributed by atoms with E-state index >= 15 is 0 Å². The largest absolute Gasteiger partial charge is 0.466 e. The molecule has 128 valence electrons. The van der Waals surface area contributed by atoms with Crippen molar-refractivity contribution in [3.05, 3.63) is 82.3 Å². The Balaban J connectivity index is 2.35. The van der Waals surface area contributed by atoms with Crippen LogP contribution in [0.15, 0.2) is 71.2 Å². The van der Waals surface area contributed by atoms with Crippen LogP contribution in [0.5, 0.6) is 0 Å². The summed E-state index contributed by atoms with van der Waals surface area (Å²) in [5, 5.41) is 9.80. The van der Waals surface area contributed by atoms with Gasteiger partial charge in [-0.1, -0.05) is 71.0 Å². The Bertz CT molecular complexity index is 784. The Labute approximate surface area is 156 Å². The topological polar surface area (TPSA) is 53.3 Å². The van der Waals surface area contributed by atoms with Crippen molar-refractivity contribution in [3.8, 4) is 6.07 Å². The first-order chi connectivity index (χ1) is 12.1. The van der Waals surface area contributed by atoms with Crippen molar-refractivity contribution in [2.24, 2.45) is 0 Å². The Kier molecular flexibility index (Phi) is 6.93. The van der Waals surface area contributed by atoms with Gasteiger partial charge in [-0.25, -0.2) is 4.79 Å². The van der Waals surface area contributed by atoms with E-state index in [9.17, 15) is 10.1 Å². The van der Waals surface area contributed by atoms with E-state index in [1.54, 1.807) is 0 Å². The maximum atomic E-state index is 11.8. The molecular weight excluding hydrogens is 380 g/mol. The Morgan fingerprint density at radius 2 is 1.88 bits per heavy atom. The highest BCUT2D eigenvalue weighted by molar-refractivity contribution is 9.10. The number of nitrogens with zero attached hydrogens (tertiary/aromatic N) is 2. The number of methoxy groups -OCH3 is 1. The zero-order valence-electron chi connectivity index (χ0n) is 14.0. The van der Waals surface area contributed by atoms with Gasteiger partial charge in [0.15, 0.2) is 0 Å². The molecule has 25 heavy (non-hydrogen) atoms. The van der Waals surface area contributed by atoms with Crippen molar-refractivity contribution in [3.63, 3.8) is 0 Å². The first-order valence-electron chi connectivity index (χ1n) is 7.75. The number of hydrogen-bond acceptors (Lipinski definition) is 4. The van der Waals surface area contributed by atoms with Gasteiger partial charge >= 0.3 is 5.97 Å². The van der Waals surface area contributed by atoms with Crippen molar-refractivity contribution < 1.29 is 9.53 Å². The minimum atomic E-state index is -0.530. The third-order valence-electron chi connectivity index (χ3n) is 3.78. The zero-order valence-corrected chi connectivity index (χ0v) is 15.6. The average molecular weight is 399 g/mol. The summed E-state index contributed by atoms with van der Waals surface area (Å²) in [6, 6.07) is 19.2. The minimum absolute atomic E-state index is 0.237. The van der Waals surface area contributed by atoms with Gasteiger partial charge in [0.05, 0.1) is 13.2 Å². The van der Waals surface area contributed by atoms with Crippen LogP contribution >= 0.6 is 15.9 Å². The molecule has 2 aromatic carbocycles. The quantitative estimate of drug-likeness (QED) is 0.516. The fraction of sp³-hybridized carbons (Fsp3) is 0.200. The average Bonchev–Trinajstić information content (AvgIpc) is 2.63. The van der Waals surface area contributed by atoms with Crippen LogP contribution in [-0.4, -0.2) is 24.5 Å². The summed E-state index contributed by atoms with van der Waals surface area (Å²) in [5.74, 6) is -0.470. The molecule has 0 bridgehead atoms. The second-order valence-electron chi connectivity index (χ2n) is 5.54. The number of esters is 1. The van der Waals surface area contributed by atoms with Gasteiger partial charge in [0.2, 0.25) is 0 Å². The molecule has 0 aromatic heterocycles. The number of ether oxygens (including phenoxy) is 1. The van der Waals surface area contributed by atoms with E-state index in [-0.39, 0.29) is 6.54 Å². The summed E-state index contributed by atoms with van der Waals surface area (Å²) in [4.78, 5) is 13.7. The lowest BCUT2D eigenvalue weighted by molar-refractivity contribution is -0.136. The molecule has 0 amide bonds. The fourth-order valence-corrected chi connectivity index (χ4v) is 3.06. The normalized spacial score (nSPS) is 11.6. The summed E-state index contributed by atoms with van der Waals surface area (Å²) in [6.45, 7) is 4.55. The number of halogens is 1. The molecule has 0 saturated carbocycles. The second kappa shape index (κ2) is 9.16. The molecule has 4 nitrogen and oxygen atoms in total. The summed E-state index contributed by atoms with van der Waals surface area (Å²) >= 11 is 3.51. The molecule has 2 aromatic rings. The van der Waals surface area contributed by atoms with Crippen LogP contribution in [0.3, 0.4) is 0 Å². The molecule has 0 aliphatic rings. The first kappa shape index (κ1) is 18.9. The highest BCUT2D eigenvalue weighted by Gasteiger charge is 2.24. The molecule has 0 spiro atoms. The SMILES string of the molecule is C=C(CN(Cc1ccccc1)C(C#N)c1ccccc1Br)C(=O)OC. The van der Waals surface area contributed by atoms with E-state index in [1.165, 1.54) is 7.11 Å². The molecule has 0 N–H and O–H groups in total. The lowest BCUT2D eigenvalue weighted by atomic mass is 10.0. The predicted octanol–water partition coefficient (Wildman–Crippen LogP) is 4.25. The van der Waals surface area contributed by atoms with Gasteiger partial charge in [0.25, 0.3) is 0 Å². The van der Waals surface area contributed by atoms with Gasteiger partial charge in [-0.2, -0.15) is 5.26 Å². The van der Waals surface area contributed by atoms with E-state index in [2.05, 4.69) is 28.6 Å². The van der Waals surface area contributed by atoms with E-state index in [1.807, 2.05) is 59.5 Å². The molecule has 0 aliphatic carbocycles. The molecular formula is C20H19BrN2O2. The van der Waals surface area contributed by atoms with Crippen LogP contribution in [0.25, 0.3) is 0 Å². The Morgan fingerprint density at radius 1 is 1.24 bits per heavy atom. The van der Waals surface area contributed by atoms with Crippen molar-refractivity contribution >= 4 is 21.9 Å². The van der Waals surface area contributed by atoms with Crippen LogP contribution in [0.1, 0.15) is 17.2 Å². The summed E-state index contributed by atoms with van der Waals surface area (Å²) in [5.41, 5.74) is 2.21. The van der Waals surface area contributed by atoms with E-state index in [0.717, 1.165) is 15.6 Å². The van der Waals surface area contributed by atoms with Crippen LogP contribution < -0.4 is 0 Å². The highest BCUT2D eigenvalue weighted by Crippen LogP contribution is 2.29. The van der Waals surface area contributed by atoms with Crippen molar-refractivity contribution in [1.29, 1.82) is 5.26 Å². The smallest absolute Gasteiger partial charge is 0.334 e. The minimum Gasteiger partial charge on any atom is -0.466 e.